The topological polar surface area (TPSA) is 107 Å². The Hall–Kier alpha value is -2.41. The predicted octanol–water partition coefficient (Wildman–Crippen LogP) is 0.492. The average molecular weight is 258 g/mol. The standard InChI is InChI=1S/C12H14N6O/c13-6-10-17-15-9-18(10)7-11(19)16-12(8-14)4-2-1-3-5-12/h9H,1-5,7H2,(H,16,19). The molecule has 0 aromatic carbocycles. The molecule has 1 heterocycles. The maximum Gasteiger partial charge on any atom is 0.241 e. The van der Waals surface area contributed by atoms with E-state index in [1.807, 2.05) is 6.07 Å². The van der Waals surface area contributed by atoms with Crippen molar-refractivity contribution in [1.82, 2.24) is 20.1 Å². The average Bonchev–Trinajstić information content (AvgIpc) is 2.86. The summed E-state index contributed by atoms with van der Waals surface area (Å²) >= 11 is 0. The summed E-state index contributed by atoms with van der Waals surface area (Å²) in [4.78, 5) is 12.0. The van der Waals surface area contributed by atoms with E-state index < -0.39 is 5.54 Å². The van der Waals surface area contributed by atoms with E-state index in [0.717, 1.165) is 19.3 Å². The van der Waals surface area contributed by atoms with Gasteiger partial charge >= 0.3 is 0 Å². The first-order valence-electron chi connectivity index (χ1n) is 6.19. The van der Waals surface area contributed by atoms with Gasteiger partial charge < -0.3 is 5.32 Å². The van der Waals surface area contributed by atoms with E-state index in [2.05, 4.69) is 21.6 Å². The largest absolute Gasteiger partial charge is 0.336 e. The number of hydrogen-bond acceptors (Lipinski definition) is 5. The molecule has 1 aliphatic rings. The van der Waals surface area contributed by atoms with Crippen LogP contribution >= 0.6 is 0 Å². The van der Waals surface area contributed by atoms with Crippen molar-refractivity contribution in [2.24, 2.45) is 0 Å². The van der Waals surface area contributed by atoms with Crippen molar-refractivity contribution >= 4 is 5.91 Å². The van der Waals surface area contributed by atoms with Gasteiger partial charge in [0.25, 0.3) is 0 Å². The first kappa shape index (κ1) is 13.0. The molecule has 0 bridgehead atoms. The number of carbonyl (C=O) groups excluding carboxylic acids is 1. The number of nitriles is 2. The van der Waals surface area contributed by atoms with Crippen LogP contribution in [0.25, 0.3) is 0 Å². The van der Waals surface area contributed by atoms with E-state index in [4.69, 9.17) is 5.26 Å². The summed E-state index contributed by atoms with van der Waals surface area (Å²) in [7, 11) is 0. The maximum absolute atomic E-state index is 12.0. The lowest BCUT2D eigenvalue weighted by Gasteiger charge is -2.31. The van der Waals surface area contributed by atoms with E-state index in [0.29, 0.717) is 12.8 Å². The number of aromatic nitrogens is 3. The van der Waals surface area contributed by atoms with Gasteiger partial charge in [0, 0.05) is 0 Å². The molecule has 1 saturated carbocycles. The fourth-order valence-corrected chi connectivity index (χ4v) is 2.34. The second-order valence-electron chi connectivity index (χ2n) is 4.70. The molecule has 98 valence electrons. The van der Waals surface area contributed by atoms with Gasteiger partial charge in [-0.3, -0.25) is 9.36 Å². The summed E-state index contributed by atoms with van der Waals surface area (Å²) < 4.78 is 1.36. The van der Waals surface area contributed by atoms with Crippen LogP contribution in [0.1, 0.15) is 37.9 Å². The van der Waals surface area contributed by atoms with Gasteiger partial charge in [-0.05, 0) is 12.8 Å². The van der Waals surface area contributed by atoms with Crippen molar-refractivity contribution in [3.8, 4) is 12.1 Å². The Kier molecular flexibility index (Phi) is 3.76. The van der Waals surface area contributed by atoms with E-state index in [-0.39, 0.29) is 18.3 Å². The minimum absolute atomic E-state index is 0.0423. The molecule has 1 aliphatic carbocycles. The summed E-state index contributed by atoms with van der Waals surface area (Å²) in [6, 6.07) is 4.07. The predicted molar refractivity (Wildman–Crippen MR) is 64.3 cm³/mol. The van der Waals surface area contributed by atoms with Crippen molar-refractivity contribution in [1.29, 1.82) is 10.5 Å². The van der Waals surface area contributed by atoms with Crippen LogP contribution in [0, 0.1) is 22.7 Å². The lowest BCUT2D eigenvalue weighted by Crippen LogP contribution is -2.49. The smallest absolute Gasteiger partial charge is 0.241 e. The van der Waals surface area contributed by atoms with Gasteiger partial charge in [0.1, 0.15) is 24.5 Å². The normalized spacial score (nSPS) is 17.2. The van der Waals surface area contributed by atoms with Gasteiger partial charge in [0.15, 0.2) is 0 Å². The molecule has 0 unspecified atom stereocenters. The second-order valence-corrected chi connectivity index (χ2v) is 4.70. The number of carbonyl (C=O) groups is 1. The zero-order valence-electron chi connectivity index (χ0n) is 10.5. The molecule has 1 N–H and O–H groups in total. The molecule has 2 rings (SSSR count). The molecule has 0 aliphatic heterocycles. The molecule has 0 spiro atoms. The van der Waals surface area contributed by atoms with Crippen molar-refractivity contribution in [3.05, 3.63) is 12.2 Å². The second kappa shape index (κ2) is 5.49. The van der Waals surface area contributed by atoms with Crippen molar-refractivity contribution in [2.45, 2.75) is 44.2 Å². The van der Waals surface area contributed by atoms with E-state index >= 15 is 0 Å². The molecule has 1 aromatic rings. The van der Waals surface area contributed by atoms with Gasteiger partial charge in [-0.2, -0.15) is 10.5 Å². The molecule has 1 aromatic heterocycles. The Morgan fingerprint density at radius 2 is 2.16 bits per heavy atom. The Labute approximate surface area is 110 Å². The molecule has 1 amide bonds. The number of nitrogens with one attached hydrogen (secondary N) is 1. The number of hydrogen-bond donors (Lipinski definition) is 1. The van der Waals surface area contributed by atoms with Gasteiger partial charge in [-0.1, -0.05) is 19.3 Å². The summed E-state index contributed by atoms with van der Waals surface area (Å²) in [5.74, 6) is -0.204. The minimum atomic E-state index is -0.754. The SMILES string of the molecule is N#Cc1nncn1CC(=O)NC1(C#N)CCCCC1. The van der Waals surface area contributed by atoms with Crippen LogP contribution in [0.5, 0.6) is 0 Å². The molecule has 19 heavy (non-hydrogen) atoms. The molecule has 0 saturated heterocycles. The highest BCUT2D eigenvalue weighted by Gasteiger charge is 2.33. The highest BCUT2D eigenvalue weighted by Crippen LogP contribution is 2.27. The maximum atomic E-state index is 12.0. The number of rotatable bonds is 3. The van der Waals surface area contributed by atoms with Gasteiger partial charge in [-0.25, -0.2) is 0 Å². The van der Waals surface area contributed by atoms with Crippen LogP contribution < -0.4 is 5.32 Å². The third-order valence-electron chi connectivity index (χ3n) is 3.33. The molecule has 7 nitrogen and oxygen atoms in total. The monoisotopic (exact) mass is 258 g/mol. The third-order valence-corrected chi connectivity index (χ3v) is 3.33. The zero-order valence-corrected chi connectivity index (χ0v) is 10.5. The molecule has 7 heteroatoms. The molecular weight excluding hydrogens is 244 g/mol. The van der Waals surface area contributed by atoms with Gasteiger partial charge in [-0.15, -0.1) is 10.2 Å². The van der Waals surface area contributed by atoms with Crippen molar-refractivity contribution in [3.63, 3.8) is 0 Å². The molecule has 0 radical (unpaired) electrons. The highest BCUT2D eigenvalue weighted by atomic mass is 16.2. The summed E-state index contributed by atoms with van der Waals surface area (Å²) in [6.07, 6.45) is 5.69. The molecule has 0 atom stereocenters. The number of nitrogens with zero attached hydrogens (tertiary/aromatic N) is 5. The van der Waals surface area contributed by atoms with E-state index in [1.54, 1.807) is 0 Å². The van der Waals surface area contributed by atoms with Gasteiger partial charge in [0.05, 0.1) is 6.07 Å². The summed E-state index contributed by atoms with van der Waals surface area (Å²) in [5.41, 5.74) is -0.754. The summed E-state index contributed by atoms with van der Waals surface area (Å²) in [6.45, 7) is -0.0423. The Balaban J connectivity index is 2.01. The third kappa shape index (κ3) is 2.89. The fourth-order valence-electron chi connectivity index (χ4n) is 2.34. The summed E-state index contributed by atoms with van der Waals surface area (Å²) in [5, 5.41) is 28.0. The zero-order chi connectivity index (χ0) is 13.7. The first-order chi connectivity index (χ1) is 9.19. The van der Waals surface area contributed by atoms with E-state index in [1.165, 1.54) is 10.9 Å². The Bertz CT molecular complexity index is 543. The van der Waals surface area contributed by atoms with Crippen LogP contribution in [0.3, 0.4) is 0 Å². The number of amides is 1. The van der Waals surface area contributed by atoms with Crippen molar-refractivity contribution < 1.29 is 4.79 Å². The quantitative estimate of drug-likeness (QED) is 0.849. The van der Waals surface area contributed by atoms with Crippen LogP contribution in [-0.4, -0.2) is 26.2 Å². The van der Waals surface area contributed by atoms with Crippen LogP contribution in [-0.2, 0) is 11.3 Å². The highest BCUT2D eigenvalue weighted by molar-refractivity contribution is 5.77. The Morgan fingerprint density at radius 1 is 1.42 bits per heavy atom. The van der Waals surface area contributed by atoms with E-state index in [9.17, 15) is 10.1 Å². The molecule has 1 fully saturated rings. The molecular formula is C12H14N6O. The fraction of sp³-hybridized carbons (Fsp3) is 0.583. The van der Waals surface area contributed by atoms with Crippen LogP contribution in [0.2, 0.25) is 0 Å². The van der Waals surface area contributed by atoms with Gasteiger partial charge in [0.2, 0.25) is 11.7 Å². The lowest BCUT2D eigenvalue weighted by molar-refractivity contribution is -0.123. The van der Waals surface area contributed by atoms with Crippen molar-refractivity contribution in [2.75, 3.05) is 0 Å². The minimum Gasteiger partial charge on any atom is -0.336 e. The Morgan fingerprint density at radius 3 is 2.79 bits per heavy atom. The van der Waals surface area contributed by atoms with Crippen LogP contribution in [0.15, 0.2) is 6.33 Å². The van der Waals surface area contributed by atoms with Crippen LogP contribution in [0.4, 0.5) is 0 Å². The lowest BCUT2D eigenvalue weighted by atomic mass is 9.83. The first-order valence-corrected chi connectivity index (χ1v) is 6.19.